The number of nitrogens with one attached hydrogen (secondary N) is 1. The lowest BCUT2D eigenvalue weighted by Gasteiger charge is -2.33. The van der Waals surface area contributed by atoms with E-state index in [-0.39, 0.29) is 41.6 Å². The summed E-state index contributed by atoms with van der Waals surface area (Å²) < 4.78 is 41.7. The maximum atomic E-state index is 14.8. The maximum absolute atomic E-state index is 14.8. The molecule has 0 aromatic heterocycles. The van der Waals surface area contributed by atoms with E-state index in [2.05, 4.69) is 5.32 Å². The second-order valence-corrected chi connectivity index (χ2v) is 10.6. The van der Waals surface area contributed by atoms with E-state index in [0.717, 1.165) is 12.8 Å². The van der Waals surface area contributed by atoms with Crippen molar-refractivity contribution in [2.24, 2.45) is 5.92 Å². The van der Waals surface area contributed by atoms with Gasteiger partial charge in [0.1, 0.15) is 11.4 Å². The first-order chi connectivity index (χ1) is 18.6. The zero-order chi connectivity index (χ0) is 28.4. The van der Waals surface area contributed by atoms with Gasteiger partial charge in [-0.2, -0.15) is 0 Å². The number of carbonyl (C=O) groups is 2. The molecule has 1 aliphatic rings. The molecule has 0 unspecified atom stereocenters. The van der Waals surface area contributed by atoms with E-state index < -0.39 is 17.3 Å². The molecule has 1 fully saturated rings. The molecule has 2 amide bonds. The standard InChI is InChI=1S/C28H36ClFN2O7/c1-28(2,3)39-27(34)32-11-9-19(10-12-32)17-37-25-8-6-21(16-23(25)30)31-26(33)22-15-20(29)5-7-24(22)38-18-36-14-13-35-4/h5-8,15-16,19H,9-14,17-18H2,1-4H3,(H,31,33). The molecule has 0 saturated carbocycles. The highest BCUT2D eigenvalue weighted by Gasteiger charge is 2.27. The lowest BCUT2D eigenvalue weighted by molar-refractivity contribution is -0.00872. The summed E-state index contributed by atoms with van der Waals surface area (Å²) in [4.78, 5) is 26.8. The van der Waals surface area contributed by atoms with Gasteiger partial charge in [-0.25, -0.2) is 9.18 Å². The number of methoxy groups -OCH3 is 1. The summed E-state index contributed by atoms with van der Waals surface area (Å²) in [6.45, 7) is 7.62. The van der Waals surface area contributed by atoms with Gasteiger partial charge in [0.25, 0.3) is 5.91 Å². The van der Waals surface area contributed by atoms with Crippen molar-refractivity contribution in [3.05, 3.63) is 52.8 Å². The molecule has 9 nitrogen and oxygen atoms in total. The Morgan fingerprint density at radius 1 is 1.05 bits per heavy atom. The first-order valence-corrected chi connectivity index (χ1v) is 13.1. The number of anilines is 1. The van der Waals surface area contributed by atoms with Crippen LogP contribution in [0.2, 0.25) is 5.02 Å². The minimum absolute atomic E-state index is 0.0774. The van der Waals surface area contributed by atoms with Crippen molar-refractivity contribution in [3.63, 3.8) is 0 Å². The van der Waals surface area contributed by atoms with Crippen molar-refractivity contribution >= 4 is 29.3 Å². The van der Waals surface area contributed by atoms with Gasteiger partial charge in [0.05, 0.1) is 25.4 Å². The molecule has 0 aliphatic carbocycles. The van der Waals surface area contributed by atoms with E-state index >= 15 is 0 Å². The van der Waals surface area contributed by atoms with Crippen LogP contribution >= 0.6 is 11.6 Å². The van der Waals surface area contributed by atoms with E-state index in [0.29, 0.717) is 37.9 Å². The van der Waals surface area contributed by atoms with Crippen LogP contribution in [0.1, 0.15) is 44.0 Å². The highest BCUT2D eigenvalue weighted by atomic mass is 35.5. The SMILES string of the molecule is COCCOCOc1ccc(Cl)cc1C(=O)Nc1ccc(OCC2CCN(C(=O)OC(C)(C)C)CC2)c(F)c1. The molecule has 0 spiro atoms. The average molecular weight is 567 g/mol. The fourth-order valence-electron chi connectivity index (χ4n) is 3.82. The van der Waals surface area contributed by atoms with Crippen molar-refractivity contribution in [2.75, 3.05) is 52.1 Å². The summed E-state index contributed by atoms with van der Waals surface area (Å²) in [6, 6.07) is 8.84. The van der Waals surface area contributed by atoms with Gasteiger partial charge in [-0.15, -0.1) is 0 Å². The molecule has 214 valence electrons. The number of rotatable bonds is 11. The smallest absolute Gasteiger partial charge is 0.410 e. The Kier molecular flexibility index (Phi) is 11.2. The molecular weight excluding hydrogens is 531 g/mol. The first kappa shape index (κ1) is 30.5. The summed E-state index contributed by atoms with van der Waals surface area (Å²) >= 11 is 6.07. The summed E-state index contributed by atoms with van der Waals surface area (Å²) in [5, 5.41) is 3.01. The van der Waals surface area contributed by atoms with E-state index in [4.69, 9.17) is 35.3 Å². The van der Waals surface area contributed by atoms with Crippen molar-refractivity contribution < 1.29 is 37.7 Å². The zero-order valence-corrected chi connectivity index (χ0v) is 23.5. The van der Waals surface area contributed by atoms with Crippen LogP contribution in [0.15, 0.2) is 36.4 Å². The van der Waals surface area contributed by atoms with E-state index in [9.17, 15) is 14.0 Å². The van der Waals surface area contributed by atoms with Gasteiger partial charge in [-0.1, -0.05) is 11.6 Å². The molecule has 3 rings (SSSR count). The molecule has 2 aromatic rings. The molecule has 2 aromatic carbocycles. The number of carbonyl (C=O) groups excluding carboxylic acids is 2. The number of piperidine rings is 1. The third-order valence-corrected chi connectivity index (χ3v) is 6.08. The fourth-order valence-corrected chi connectivity index (χ4v) is 3.99. The molecule has 1 aliphatic heterocycles. The van der Waals surface area contributed by atoms with Crippen LogP contribution in [0.5, 0.6) is 11.5 Å². The summed E-state index contributed by atoms with van der Waals surface area (Å²) in [7, 11) is 1.56. The van der Waals surface area contributed by atoms with Gasteiger partial charge in [0, 0.05) is 37.0 Å². The number of ether oxygens (including phenoxy) is 5. The molecule has 0 radical (unpaired) electrons. The predicted octanol–water partition coefficient (Wildman–Crippen LogP) is 5.76. The Labute approximate surface area is 233 Å². The molecule has 0 bridgehead atoms. The number of hydrogen-bond donors (Lipinski definition) is 1. The molecule has 1 saturated heterocycles. The molecule has 1 heterocycles. The molecule has 1 N–H and O–H groups in total. The quantitative estimate of drug-likeness (QED) is 0.273. The maximum Gasteiger partial charge on any atom is 0.410 e. The summed E-state index contributed by atoms with van der Waals surface area (Å²) in [5.41, 5.74) is -0.113. The lowest BCUT2D eigenvalue weighted by atomic mass is 9.98. The number of amides is 2. The third kappa shape index (κ3) is 9.87. The van der Waals surface area contributed by atoms with Crippen LogP contribution in [0.4, 0.5) is 14.9 Å². The number of hydrogen-bond acceptors (Lipinski definition) is 7. The number of benzene rings is 2. The Morgan fingerprint density at radius 2 is 1.77 bits per heavy atom. The summed E-state index contributed by atoms with van der Waals surface area (Å²) in [6.07, 6.45) is 1.14. The van der Waals surface area contributed by atoms with Crippen LogP contribution in [0, 0.1) is 11.7 Å². The lowest BCUT2D eigenvalue weighted by Crippen LogP contribution is -2.42. The average Bonchev–Trinajstić information content (AvgIpc) is 2.88. The predicted molar refractivity (Wildman–Crippen MR) is 145 cm³/mol. The van der Waals surface area contributed by atoms with Gasteiger partial charge >= 0.3 is 6.09 Å². The normalized spacial score (nSPS) is 14.2. The van der Waals surface area contributed by atoms with Gasteiger partial charge in [-0.3, -0.25) is 4.79 Å². The molecule has 11 heteroatoms. The third-order valence-electron chi connectivity index (χ3n) is 5.85. The van der Waals surface area contributed by atoms with E-state index in [1.165, 1.54) is 18.2 Å². The van der Waals surface area contributed by atoms with Gasteiger partial charge < -0.3 is 33.9 Å². The van der Waals surface area contributed by atoms with Crippen LogP contribution in [-0.4, -0.2) is 69.3 Å². The monoisotopic (exact) mass is 566 g/mol. The highest BCUT2D eigenvalue weighted by molar-refractivity contribution is 6.31. The van der Waals surface area contributed by atoms with Crippen LogP contribution in [0.25, 0.3) is 0 Å². The fraction of sp³-hybridized carbons (Fsp3) is 0.500. The van der Waals surface area contributed by atoms with E-state index in [1.54, 1.807) is 30.2 Å². The van der Waals surface area contributed by atoms with Crippen molar-refractivity contribution in [1.82, 2.24) is 4.90 Å². The van der Waals surface area contributed by atoms with Gasteiger partial charge in [0.2, 0.25) is 0 Å². The Balaban J connectivity index is 1.51. The van der Waals surface area contributed by atoms with Crippen molar-refractivity contribution in [2.45, 2.75) is 39.2 Å². The molecule has 0 atom stereocenters. The van der Waals surface area contributed by atoms with Crippen LogP contribution in [0.3, 0.4) is 0 Å². The van der Waals surface area contributed by atoms with Crippen LogP contribution < -0.4 is 14.8 Å². The second kappa shape index (κ2) is 14.3. The largest absolute Gasteiger partial charge is 0.490 e. The van der Waals surface area contributed by atoms with Gasteiger partial charge in [0.15, 0.2) is 18.4 Å². The molecule has 39 heavy (non-hydrogen) atoms. The highest BCUT2D eigenvalue weighted by Crippen LogP contribution is 2.27. The Bertz CT molecular complexity index is 1120. The first-order valence-electron chi connectivity index (χ1n) is 12.8. The topological polar surface area (TPSA) is 95.6 Å². The Morgan fingerprint density at radius 3 is 2.44 bits per heavy atom. The summed E-state index contributed by atoms with van der Waals surface area (Å²) in [5.74, 6) is -0.584. The second-order valence-electron chi connectivity index (χ2n) is 10.1. The van der Waals surface area contributed by atoms with Crippen molar-refractivity contribution in [1.29, 1.82) is 0 Å². The minimum atomic E-state index is -0.604. The molecular formula is C28H36ClFN2O7. The number of halogens is 2. The Hall–Kier alpha value is -3.08. The number of nitrogens with zero attached hydrogens (tertiary/aromatic N) is 1. The van der Waals surface area contributed by atoms with E-state index in [1.807, 2.05) is 20.8 Å². The van der Waals surface area contributed by atoms with Gasteiger partial charge in [-0.05, 0) is 69.9 Å². The number of likely N-dealkylation sites (tertiary alicyclic amines) is 1. The van der Waals surface area contributed by atoms with Crippen LogP contribution in [-0.2, 0) is 14.2 Å². The zero-order valence-electron chi connectivity index (χ0n) is 22.8. The van der Waals surface area contributed by atoms with Crippen molar-refractivity contribution in [3.8, 4) is 11.5 Å². The minimum Gasteiger partial charge on any atom is -0.490 e.